The molecule has 156 valence electrons. The third kappa shape index (κ3) is 4.10. The lowest BCUT2D eigenvalue weighted by Gasteiger charge is -2.34. The van der Waals surface area contributed by atoms with Crippen LogP contribution in [0, 0.1) is 18.8 Å². The van der Waals surface area contributed by atoms with Crippen LogP contribution in [-0.4, -0.2) is 17.5 Å². The number of ether oxygens (including phenoxy) is 1. The molecule has 1 aliphatic rings. The maximum absolute atomic E-state index is 13.4. The Morgan fingerprint density at radius 3 is 2.29 bits per heavy atom. The van der Waals surface area contributed by atoms with Gasteiger partial charge in [-0.15, -0.1) is 0 Å². The van der Waals surface area contributed by atoms with Gasteiger partial charge < -0.3 is 4.74 Å². The molecule has 4 rings (SSSR count). The Balaban J connectivity index is 1.81. The predicted molar refractivity (Wildman–Crippen MR) is 121 cm³/mol. The lowest BCUT2D eigenvalue weighted by Crippen LogP contribution is -2.41. The van der Waals surface area contributed by atoms with Gasteiger partial charge in [0.2, 0.25) is 0 Å². The number of ketones is 2. The summed E-state index contributed by atoms with van der Waals surface area (Å²) in [4.78, 5) is 39.8. The number of Topliss-reactive ketones (excluding diaryl/α,β-unsaturated/α-hetero) is 2. The van der Waals surface area contributed by atoms with Crippen LogP contribution < -0.4 is 4.74 Å². The molecule has 0 aromatic heterocycles. The van der Waals surface area contributed by atoms with E-state index in [1.54, 1.807) is 55.5 Å². The summed E-state index contributed by atoms with van der Waals surface area (Å²) in [6, 6.07) is 21.3. The second kappa shape index (κ2) is 8.60. The highest BCUT2D eigenvalue weighted by molar-refractivity contribution is 9.10. The SMILES string of the molecule is Cc1ccc(C(=O)[C@H](C)[C@@H]2c3cc(Br)ccc3OC(=O)[C@@H]2C(=O)c2ccccc2)cc1. The molecule has 0 unspecified atom stereocenters. The van der Waals surface area contributed by atoms with Crippen LogP contribution in [-0.2, 0) is 4.79 Å². The van der Waals surface area contributed by atoms with Gasteiger partial charge in [0.15, 0.2) is 11.6 Å². The highest BCUT2D eigenvalue weighted by Gasteiger charge is 2.47. The van der Waals surface area contributed by atoms with Gasteiger partial charge in [0.25, 0.3) is 0 Å². The molecular formula is C26H21BrO4. The fourth-order valence-corrected chi connectivity index (χ4v) is 4.50. The van der Waals surface area contributed by atoms with Gasteiger partial charge in [0.1, 0.15) is 11.7 Å². The summed E-state index contributed by atoms with van der Waals surface area (Å²) < 4.78 is 6.32. The quantitative estimate of drug-likeness (QED) is 0.202. The van der Waals surface area contributed by atoms with Gasteiger partial charge in [0.05, 0.1) is 0 Å². The van der Waals surface area contributed by atoms with Gasteiger partial charge >= 0.3 is 5.97 Å². The maximum atomic E-state index is 13.4. The van der Waals surface area contributed by atoms with E-state index in [4.69, 9.17) is 4.74 Å². The molecule has 0 radical (unpaired) electrons. The zero-order valence-electron chi connectivity index (χ0n) is 17.2. The van der Waals surface area contributed by atoms with Crippen LogP contribution in [0.4, 0.5) is 0 Å². The predicted octanol–water partition coefficient (Wildman–Crippen LogP) is 5.78. The van der Waals surface area contributed by atoms with E-state index in [1.807, 2.05) is 31.2 Å². The number of benzene rings is 3. The van der Waals surface area contributed by atoms with Crippen LogP contribution in [0.3, 0.4) is 0 Å². The van der Waals surface area contributed by atoms with Crippen molar-refractivity contribution in [2.75, 3.05) is 0 Å². The van der Waals surface area contributed by atoms with Crippen molar-refractivity contribution in [2.45, 2.75) is 19.8 Å². The molecule has 5 heteroatoms. The zero-order valence-corrected chi connectivity index (χ0v) is 18.8. The Hall–Kier alpha value is -3.05. The molecule has 3 atom stereocenters. The average molecular weight is 477 g/mol. The van der Waals surface area contributed by atoms with Crippen LogP contribution in [0.1, 0.15) is 44.7 Å². The third-order valence-electron chi connectivity index (χ3n) is 5.78. The summed E-state index contributed by atoms with van der Waals surface area (Å²) in [6.45, 7) is 3.73. The van der Waals surface area contributed by atoms with Crippen LogP contribution in [0.2, 0.25) is 0 Å². The molecule has 0 aliphatic carbocycles. The number of aryl methyl sites for hydroxylation is 1. The number of carbonyl (C=O) groups excluding carboxylic acids is 3. The molecule has 0 saturated carbocycles. The largest absolute Gasteiger partial charge is 0.426 e. The Bertz CT molecular complexity index is 1150. The normalized spacial score (nSPS) is 18.6. The molecule has 0 amide bonds. The van der Waals surface area contributed by atoms with Crippen molar-refractivity contribution in [1.82, 2.24) is 0 Å². The Morgan fingerprint density at radius 2 is 1.61 bits per heavy atom. The first-order valence-corrected chi connectivity index (χ1v) is 10.9. The van der Waals surface area contributed by atoms with Crippen LogP contribution >= 0.6 is 15.9 Å². The zero-order chi connectivity index (χ0) is 22.1. The molecule has 3 aromatic rings. The lowest BCUT2D eigenvalue weighted by molar-refractivity contribution is -0.139. The topological polar surface area (TPSA) is 60.4 Å². The number of rotatable bonds is 5. The monoisotopic (exact) mass is 476 g/mol. The lowest BCUT2D eigenvalue weighted by atomic mass is 9.71. The van der Waals surface area contributed by atoms with Gasteiger partial charge in [-0.25, -0.2) is 0 Å². The molecule has 0 fully saturated rings. The highest BCUT2D eigenvalue weighted by Crippen LogP contribution is 2.45. The van der Waals surface area contributed by atoms with Gasteiger partial charge in [-0.3, -0.25) is 14.4 Å². The smallest absolute Gasteiger partial charge is 0.322 e. The van der Waals surface area contributed by atoms with Crippen LogP contribution in [0.15, 0.2) is 77.3 Å². The highest BCUT2D eigenvalue weighted by atomic mass is 79.9. The summed E-state index contributed by atoms with van der Waals surface area (Å²) in [6.07, 6.45) is 0. The Kier molecular flexibility index (Phi) is 5.88. The van der Waals surface area contributed by atoms with Crippen LogP contribution in [0.25, 0.3) is 0 Å². The molecular weight excluding hydrogens is 456 g/mol. The van der Waals surface area contributed by atoms with E-state index in [9.17, 15) is 14.4 Å². The van der Waals surface area contributed by atoms with E-state index in [0.717, 1.165) is 10.0 Å². The molecule has 4 nitrogen and oxygen atoms in total. The fraction of sp³-hybridized carbons (Fsp3) is 0.192. The minimum Gasteiger partial charge on any atom is -0.426 e. The van der Waals surface area contributed by atoms with Gasteiger partial charge in [-0.1, -0.05) is 83.0 Å². The first-order valence-electron chi connectivity index (χ1n) is 10.1. The van der Waals surface area contributed by atoms with E-state index in [1.165, 1.54) is 0 Å². The Morgan fingerprint density at radius 1 is 0.935 bits per heavy atom. The Labute approximate surface area is 189 Å². The average Bonchev–Trinajstić information content (AvgIpc) is 2.78. The van der Waals surface area contributed by atoms with Crippen LogP contribution in [0.5, 0.6) is 5.75 Å². The molecule has 1 heterocycles. The summed E-state index contributed by atoms with van der Waals surface area (Å²) in [5.41, 5.74) is 2.70. The molecule has 3 aromatic carbocycles. The standard InChI is InChI=1S/C26H21BrO4/c1-15-8-10-18(11-9-15)24(28)16(2)22-20-14-19(27)12-13-21(20)31-26(30)23(22)25(29)17-6-4-3-5-7-17/h3-14,16,22-23H,1-2H3/t16-,22-,23+/m1/s1. The summed E-state index contributed by atoms with van der Waals surface area (Å²) in [7, 11) is 0. The summed E-state index contributed by atoms with van der Waals surface area (Å²) in [5, 5.41) is 0. The molecule has 31 heavy (non-hydrogen) atoms. The van der Waals surface area contributed by atoms with Crippen molar-refractivity contribution in [3.05, 3.63) is 99.5 Å². The van der Waals surface area contributed by atoms with Gasteiger partial charge in [-0.2, -0.15) is 0 Å². The van der Waals surface area contributed by atoms with Crippen molar-refractivity contribution in [3.63, 3.8) is 0 Å². The van der Waals surface area contributed by atoms with E-state index >= 15 is 0 Å². The minimum absolute atomic E-state index is 0.114. The number of esters is 1. The van der Waals surface area contributed by atoms with Crippen molar-refractivity contribution >= 4 is 33.5 Å². The first kappa shape index (κ1) is 21.2. The fourth-order valence-electron chi connectivity index (χ4n) is 4.12. The van der Waals surface area contributed by atoms with Gasteiger partial charge in [-0.05, 0) is 25.1 Å². The molecule has 0 saturated heterocycles. The second-order valence-corrected chi connectivity index (χ2v) is 8.77. The van der Waals surface area contributed by atoms with E-state index < -0.39 is 23.7 Å². The van der Waals surface area contributed by atoms with Crippen molar-refractivity contribution in [2.24, 2.45) is 11.8 Å². The summed E-state index contributed by atoms with van der Waals surface area (Å²) in [5.74, 6) is -3.05. The third-order valence-corrected chi connectivity index (χ3v) is 6.28. The molecule has 0 spiro atoms. The van der Waals surface area contributed by atoms with E-state index in [-0.39, 0.29) is 11.6 Å². The van der Waals surface area contributed by atoms with E-state index in [0.29, 0.717) is 22.4 Å². The number of halogens is 1. The molecule has 0 N–H and O–H groups in total. The number of fused-ring (bicyclic) bond motifs is 1. The molecule has 1 aliphatic heterocycles. The maximum Gasteiger partial charge on any atom is 0.322 e. The summed E-state index contributed by atoms with van der Waals surface area (Å²) >= 11 is 3.46. The number of carbonyl (C=O) groups is 3. The molecule has 0 bridgehead atoms. The first-order chi connectivity index (χ1) is 14.9. The number of hydrogen-bond acceptors (Lipinski definition) is 4. The number of hydrogen-bond donors (Lipinski definition) is 0. The van der Waals surface area contributed by atoms with Crippen molar-refractivity contribution < 1.29 is 19.1 Å². The minimum atomic E-state index is -1.10. The van der Waals surface area contributed by atoms with Crippen molar-refractivity contribution in [3.8, 4) is 5.75 Å². The van der Waals surface area contributed by atoms with Gasteiger partial charge in [0, 0.05) is 33.0 Å². The second-order valence-electron chi connectivity index (χ2n) is 7.86. The van der Waals surface area contributed by atoms with Crippen molar-refractivity contribution in [1.29, 1.82) is 0 Å². The van der Waals surface area contributed by atoms with E-state index in [2.05, 4.69) is 15.9 Å².